The van der Waals surface area contributed by atoms with Crippen molar-refractivity contribution in [3.63, 3.8) is 0 Å². The van der Waals surface area contributed by atoms with Crippen LogP contribution in [-0.2, 0) is 4.79 Å². The molecular weight excluding hydrogens is 127 g/mol. The molecule has 0 saturated heterocycles. The fraction of sp³-hybridized carbons (Fsp3) is 0.500. The predicted molar refractivity (Wildman–Crippen MR) is 13.2 cm³/mol. The quantitative estimate of drug-likeness (QED) is 0.273. The van der Waals surface area contributed by atoms with E-state index < -0.39 is 12.3 Å². The minimum atomic E-state index is -2.34. The van der Waals surface area contributed by atoms with Crippen LogP contribution in [0.3, 0.4) is 0 Å². The number of rotatable bonds is 1. The summed E-state index contributed by atoms with van der Waals surface area (Å²) in [6.07, 6.45) is -2.34. The van der Waals surface area contributed by atoms with E-state index in [1.165, 1.54) is 0 Å². The molecule has 0 aliphatic carbocycles. The van der Waals surface area contributed by atoms with Crippen molar-refractivity contribution in [3.05, 3.63) is 0 Å². The zero-order valence-electron chi connectivity index (χ0n) is 3.79. The van der Waals surface area contributed by atoms with Crippen molar-refractivity contribution in [2.24, 2.45) is 0 Å². The van der Waals surface area contributed by atoms with Gasteiger partial charge in [-0.2, -0.15) is 0 Å². The third-order valence-electron chi connectivity index (χ3n) is 0.211. The van der Waals surface area contributed by atoms with Crippen LogP contribution in [0.4, 0.5) is 0 Å². The number of hydrogen-bond donors (Lipinski definition) is 2. The summed E-state index contributed by atoms with van der Waals surface area (Å²) < 4.78 is 0. The van der Waals surface area contributed by atoms with Gasteiger partial charge in [0.1, 0.15) is 0 Å². The number of carboxylic acids is 1. The first-order valence-electron chi connectivity index (χ1n) is 1.21. The molecule has 0 radical (unpaired) electrons. The van der Waals surface area contributed by atoms with Crippen molar-refractivity contribution in [2.75, 3.05) is 0 Å². The number of carboxylic acid groups (broad SMARTS) is 1. The van der Waals surface area contributed by atoms with Gasteiger partial charge in [0.2, 0.25) is 0 Å². The van der Waals surface area contributed by atoms with E-state index in [4.69, 9.17) is 20.1 Å². The van der Waals surface area contributed by atoms with Crippen molar-refractivity contribution >= 4 is 5.97 Å². The van der Waals surface area contributed by atoms with Crippen LogP contribution in [0.15, 0.2) is 0 Å². The normalized spacial score (nSPS) is 7.86. The molecule has 0 rings (SSSR count). The van der Waals surface area contributed by atoms with E-state index in [2.05, 4.69) is 0 Å². The molecule has 0 aromatic rings. The fourth-order valence-corrected chi connectivity index (χ4v) is 0. The van der Waals surface area contributed by atoms with Gasteiger partial charge in [-0.15, -0.1) is 0 Å². The zero-order valence-corrected chi connectivity index (χ0v) is 6.91. The molecule has 0 heterocycles. The topological polar surface area (TPSA) is 80.6 Å². The van der Waals surface area contributed by atoms with Crippen LogP contribution in [0.2, 0.25) is 0 Å². The molecule has 0 aliphatic heterocycles. The van der Waals surface area contributed by atoms with Crippen molar-refractivity contribution in [2.45, 2.75) is 6.29 Å². The molecule has 0 aliphatic rings. The van der Waals surface area contributed by atoms with Crippen LogP contribution in [0, 0.1) is 0 Å². The fourth-order valence-electron chi connectivity index (χ4n) is 0. The van der Waals surface area contributed by atoms with Gasteiger partial charge in [-0.3, -0.25) is 0 Å². The maximum absolute atomic E-state index is 9.09. The Labute approximate surface area is 82.6 Å². The second-order valence-corrected chi connectivity index (χ2v) is 0.693. The maximum Gasteiger partial charge on any atom is 1.00 e. The number of aliphatic hydroxyl groups excluding tert-OH is 1. The van der Waals surface area contributed by atoms with Gasteiger partial charge in [0.25, 0.3) is 0 Å². The van der Waals surface area contributed by atoms with Crippen LogP contribution in [-0.4, -0.2) is 22.5 Å². The molecule has 0 amide bonds. The minimum absolute atomic E-state index is 0. The Bertz CT molecular complexity index is 60.7. The second kappa shape index (κ2) is 5.17. The summed E-state index contributed by atoms with van der Waals surface area (Å²) in [5.41, 5.74) is 0. The van der Waals surface area contributed by atoms with Gasteiger partial charge < -0.3 is 20.1 Å². The van der Waals surface area contributed by atoms with Crippen molar-refractivity contribution in [1.29, 1.82) is 0 Å². The zero-order chi connectivity index (χ0) is 5.15. The first kappa shape index (κ1) is 10.9. The van der Waals surface area contributed by atoms with Gasteiger partial charge in [-0.1, -0.05) is 0 Å². The molecular formula is C2H3KO4. The van der Waals surface area contributed by atoms with Crippen LogP contribution in [0.25, 0.3) is 0 Å². The molecule has 0 atom stereocenters. The van der Waals surface area contributed by atoms with Crippen LogP contribution in [0.1, 0.15) is 0 Å². The summed E-state index contributed by atoms with van der Waals surface area (Å²) in [6, 6.07) is 0. The van der Waals surface area contributed by atoms with Gasteiger partial charge in [0.05, 0.1) is 5.97 Å². The standard InChI is InChI=1S/C2H4O4.K/c3-1(4)2(5)6;/h1,3-4H,(H,5,6);/q;+1/p-1. The van der Waals surface area contributed by atoms with Gasteiger partial charge in [0, 0.05) is 0 Å². The third-order valence-corrected chi connectivity index (χ3v) is 0.211. The van der Waals surface area contributed by atoms with Crippen LogP contribution >= 0.6 is 0 Å². The predicted octanol–water partition coefficient (Wildman–Crippen LogP) is -5.95. The summed E-state index contributed by atoms with van der Waals surface area (Å²) in [6.45, 7) is 0. The Morgan fingerprint density at radius 1 is 1.57 bits per heavy atom. The van der Waals surface area contributed by atoms with Crippen molar-refractivity contribution < 1.29 is 71.5 Å². The Morgan fingerprint density at radius 3 is 1.71 bits per heavy atom. The molecule has 0 bridgehead atoms. The molecule has 0 spiro atoms. The average molecular weight is 130 g/mol. The SMILES string of the molecule is O=C([O-])C(O)O.[K+]. The smallest absolute Gasteiger partial charge is 0.545 e. The van der Waals surface area contributed by atoms with Crippen molar-refractivity contribution in [3.8, 4) is 0 Å². The summed E-state index contributed by atoms with van der Waals surface area (Å²) >= 11 is 0. The molecule has 0 unspecified atom stereocenters. The van der Waals surface area contributed by atoms with Gasteiger partial charge in [-0.25, -0.2) is 0 Å². The van der Waals surface area contributed by atoms with Crippen LogP contribution < -0.4 is 56.5 Å². The van der Waals surface area contributed by atoms with Gasteiger partial charge in [0.15, 0.2) is 6.29 Å². The number of aliphatic hydroxyl groups is 2. The Hall–Kier alpha value is 1.03. The number of hydrogen-bond acceptors (Lipinski definition) is 4. The monoisotopic (exact) mass is 130 g/mol. The summed E-state index contributed by atoms with van der Waals surface area (Å²) in [4.78, 5) is 9.09. The Balaban J connectivity index is 0. The van der Waals surface area contributed by atoms with Crippen molar-refractivity contribution in [1.82, 2.24) is 0 Å². The second-order valence-electron chi connectivity index (χ2n) is 0.693. The third kappa shape index (κ3) is 7.03. The molecule has 0 aromatic heterocycles. The van der Waals surface area contributed by atoms with E-state index >= 15 is 0 Å². The molecule has 0 saturated carbocycles. The van der Waals surface area contributed by atoms with E-state index in [0.717, 1.165) is 0 Å². The molecule has 7 heavy (non-hydrogen) atoms. The number of carbonyl (C=O) groups excluding carboxylic acids is 1. The first-order chi connectivity index (χ1) is 2.64. The molecule has 0 aromatic carbocycles. The molecule has 4 nitrogen and oxygen atoms in total. The minimum Gasteiger partial charge on any atom is -0.545 e. The van der Waals surface area contributed by atoms with Gasteiger partial charge in [-0.05, 0) is 0 Å². The molecule has 2 N–H and O–H groups in total. The first-order valence-corrected chi connectivity index (χ1v) is 1.21. The molecule has 0 fully saturated rings. The Morgan fingerprint density at radius 2 is 1.71 bits per heavy atom. The molecule has 36 valence electrons. The van der Waals surface area contributed by atoms with E-state index in [-0.39, 0.29) is 51.4 Å². The largest absolute Gasteiger partial charge is 1.00 e. The average Bonchev–Trinajstić information content (AvgIpc) is 1.36. The maximum atomic E-state index is 9.09. The summed E-state index contributed by atoms with van der Waals surface area (Å²) in [5.74, 6) is -1.88. The van der Waals surface area contributed by atoms with Crippen LogP contribution in [0.5, 0.6) is 0 Å². The number of aliphatic carboxylic acids is 1. The van der Waals surface area contributed by atoms with E-state index in [0.29, 0.717) is 0 Å². The number of carbonyl (C=O) groups is 1. The van der Waals surface area contributed by atoms with Gasteiger partial charge >= 0.3 is 51.4 Å². The summed E-state index contributed by atoms with van der Waals surface area (Å²) in [7, 11) is 0. The summed E-state index contributed by atoms with van der Waals surface area (Å²) in [5, 5.41) is 24.1. The Kier molecular flexibility index (Phi) is 8.06. The van der Waals surface area contributed by atoms with E-state index in [1.807, 2.05) is 0 Å². The van der Waals surface area contributed by atoms with E-state index in [9.17, 15) is 0 Å². The van der Waals surface area contributed by atoms with E-state index in [1.54, 1.807) is 0 Å². The molecule has 5 heteroatoms.